The van der Waals surface area contributed by atoms with E-state index in [1.165, 1.54) is 0 Å². The third kappa shape index (κ3) is 6.56. The number of allylic oxidation sites excluding steroid dienone is 2. The summed E-state index contributed by atoms with van der Waals surface area (Å²) in [6.45, 7) is 9.68. The number of rotatable bonds is 7. The lowest BCUT2D eigenvalue weighted by atomic mass is 9.46. The van der Waals surface area contributed by atoms with E-state index in [2.05, 4.69) is 32.9 Å². The molecule has 0 aromatic carbocycles. The van der Waals surface area contributed by atoms with Crippen LogP contribution in [0.4, 0.5) is 0 Å². The second-order valence-electron chi connectivity index (χ2n) is 17.8. The van der Waals surface area contributed by atoms with Crippen molar-refractivity contribution in [1.82, 2.24) is 0 Å². The van der Waals surface area contributed by atoms with Crippen molar-refractivity contribution in [1.29, 1.82) is 0 Å². The standard InChI is InChI=1S/C39H60O14/c1-16(2)10-21-17(3)28-24(50-35(21)48)13-23-20-7-6-18-11-19(41)12-27(39(18,5)22(20)8-9-38(23,28)4)53-37-34(47)32(45)30(43)26(52-37)15-49-36-33(46)31(44)29(42)25(14-40)51-36/h6,10,17,19-34,36-37,40-47H,7-9,11-15H2,1-5H3. The van der Waals surface area contributed by atoms with Crippen molar-refractivity contribution in [2.24, 2.45) is 46.3 Å². The molecule has 3 aliphatic heterocycles. The first-order valence-electron chi connectivity index (χ1n) is 19.5. The summed E-state index contributed by atoms with van der Waals surface area (Å²) >= 11 is 0. The topological polar surface area (TPSA) is 225 Å². The van der Waals surface area contributed by atoms with Crippen LogP contribution in [0.2, 0.25) is 0 Å². The first-order chi connectivity index (χ1) is 25.0. The number of carbonyl (C=O) groups is 1. The van der Waals surface area contributed by atoms with Crippen LogP contribution in [0, 0.1) is 46.3 Å². The molecule has 53 heavy (non-hydrogen) atoms. The molecular formula is C39H60O14. The number of fused-ring (bicyclic) bond motifs is 7. The molecule has 7 rings (SSSR count). The highest BCUT2D eigenvalue weighted by Gasteiger charge is 2.66. The largest absolute Gasteiger partial charge is 0.462 e. The minimum absolute atomic E-state index is 0.0248. The Morgan fingerprint density at radius 2 is 1.57 bits per heavy atom. The summed E-state index contributed by atoms with van der Waals surface area (Å²) in [5, 5.41) is 84.3. The molecule has 7 aliphatic rings. The third-order valence-electron chi connectivity index (χ3n) is 14.7. The van der Waals surface area contributed by atoms with Gasteiger partial charge in [-0.3, -0.25) is 4.79 Å². The number of ether oxygens (including phenoxy) is 5. The molecule has 8 N–H and O–H groups in total. The fraction of sp³-hybridized carbons (Fsp3) is 0.872. The molecule has 6 fully saturated rings. The third-order valence-corrected chi connectivity index (χ3v) is 14.7. The van der Waals surface area contributed by atoms with Crippen LogP contribution in [0.3, 0.4) is 0 Å². The van der Waals surface area contributed by atoms with E-state index in [-0.39, 0.29) is 53.5 Å². The smallest absolute Gasteiger partial charge is 0.313 e. The molecule has 0 amide bonds. The first-order valence-corrected chi connectivity index (χ1v) is 19.5. The normalized spacial score (nSPS) is 53.7. The molecule has 3 heterocycles. The molecule has 21 atom stereocenters. The van der Waals surface area contributed by atoms with Crippen molar-refractivity contribution < 1.29 is 69.3 Å². The molecule has 0 radical (unpaired) electrons. The van der Waals surface area contributed by atoms with E-state index < -0.39 is 92.2 Å². The lowest BCUT2D eigenvalue weighted by Crippen LogP contribution is -2.63. The summed E-state index contributed by atoms with van der Waals surface area (Å²) in [7, 11) is 0. The maximum Gasteiger partial charge on any atom is 0.313 e. The van der Waals surface area contributed by atoms with Crippen LogP contribution in [0.15, 0.2) is 23.3 Å². The number of hydrogen-bond acceptors (Lipinski definition) is 14. The summed E-state index contributed by atoms with van der Waals surface area (Å²) in [6, 6.07) is 0. The van der Waals surface area contributed by atoms with Crippen LogP contribution in [0.5, 0.6) is 0 Å². The minimum atomic E-state index is -1.69. The van der Waals surface area contributed by atoms with Gasteiger partial charge in [0.1, 0.15) is 54.9 Å². The highest BCUT2D eigenvalue weighted by Crippen LogP contribution is 2.69. The average molecular weight is 753 g/mol. The lowest BCUT2D eigenvalue weighted by Gasteiger charge is -2.60. The van der Waals surface area contributed by atoms with Gasteiger partial charge in [-0.1, -0.05) is 44.1 Å². The predicted octanol–water partition coefficient (Wildman–Crippen LogP) is 0.299. The maximum absolute atomic E-state index is 13.2. The molecule has 300 valence electrons. The molecule has 14 heteroatoms. The SMILES string of the molecule is CC(C)=CC1C(=O)OC2CC3C4CC=C5CC(O)CC(OC6OC(COC7OC(CO)C(O)C(O)C7O)C(O)C(O)C6O)C5(C)C4CCC3(C)C2C1C. The monoisotopic (exact) mass is 752 g/mol. The van der Waals surface area contributed by atoms with E-state index in [1.54, 1.807) is 0 Å². The number of aliphatic hydroxyl groups is 8. The summed E-state index contributed by atoms with van der Waals surface area (Å²) in [5.74, 6) is 0.734. The Hall–Kier alpha value is -1.53. The molecule has 0 aromatic heterocycles. The van der Waals surface area contributed by atoms with Crippen LogP contribution < -0.4 is 0 Å². The van der Waals surface area contributed by atoms with Crippen LogP contribution >= 0.6 is 0 Å². The van der Waals surface area contributed by atoms with Gasteiger partial charge in [0.15, 0.2) is 12.6 Å². The van der Waals surface area contributed by atoms with Gasteiger partial charge >= 0.3 is 5.97 Å². The molecule has 4 aliphatic carbocycles. The second-order valence-corrected chi connectivity index (χ2v) is 17.8. The Morgan fingerprint density at radius 3 is 2.25 bits per heavy atom. The van der Waals surface area contributed by atoms with E-state index in [1.807, 2.05) is 13.8 Å². The zero-order valence-corrected chi connectivity index (χ0v) is 31.3. The van der Waals surface area contributed by atoms with Crippen molar-refractivity contribution in [3.63, 3.8) is 0 Å². The molecule has 0 aromatic rings. The van der Waals surface area contributed by atoms with Crippen LogP contribution in [-0.4, -0.2) is 140 Å². The van der Waals surface area contributed by atoms with Crippen molar-refractivity contribution in [3.8, 4) is 0 Å². The maximum atomic E-state index is 13.2. The van der Waals surface area contributed by atoms with Crippen molar-refractivity contribution in [2.75, 3.05) is 13.2 Å². The van der Waals surface area contributed by atoms with Crippen molar-refractivity contribution in [3.05, 3.63) is 23.3 Å². The Kier molecular flexibility index (Phi) is 11.1. The van der Waals surface area contributed by atoms with Gasteiger partial charge in [0.25, 0.3) is 0 Å². The quantitative estimate of drug-likeness (QED) is 0.129. The molecule has 21 unspecified atom stereocenters. The van der Waals surface area contributed by atoms with Crippen molar-refractivity contribution in [2.45, 2.75) is 153 Å². The van der Waals surface area contributed by atoms with Crippen LogP contribution in [0.25, 0.3) is 0 Å². The Morgan fingerprint density at radius 1 is 0.906 bits per heavy atom. The van der Waals surface area contributed by atoms with Gasteiger partial charge in [0, 0.05) is 17.8 Å². The number of hydrogen-bond donors (Lipinski definition) is 8. The van der Waals surface area contributed by atoms with E-state index in [0.717, 1.165) is 36.8 Å². The molecule has 0 bridgehead atoms. The zero-order chi connectivity index (χ0) is 38.3. The van der Waals surface area contributed by atoms with Gasteiger partial charge in [0.05, 0.1) is 31.3 Å². The first kappa shape index (κ1) is 39.7. The highest BCUT2D eigenvalue weighted by molar-refractivity contribution is 5.76. The van der Waals surface area contributed by atoms with Gasteiger partial charge in [0.2, 0.25) is 0 Å². The van der Waals surface area contributed by atoms with Gasteiger partial charge in [-0.2, -0.15) is 0 Å². The minimum Gasteiger partial charge on any atom is -0.462 e. The average Bonchev–Trinajstić information content (AvgIpc) is 3.41. The summed E-state index contributed by atoms with van der Waals surface area (Å²) in [4.78, 5) is 13.2. The van der Waals surface area contributed by atoms with Gasteiger partial charge in [-0.05, 0) is 75.0 Å². The van der Waals surface area contributed by atoms with E-state index in [9.17, 15) is 45.6 Å². The number of aliphatic hydroxyl groups excluding tert-OH is 8. The van der Waals surface area contributed by atoms with Gasteiger partial charge in [-0.15, -0.1) is 0 Å². The number of carbonyl (C=O) groups excluding carboxylic acids is 1. The summed E-state index contributed by atoms with van der Waals surface area (Å²) < 4.78 is 29.9. The van der Waals surface area contributed by atoms with E-state index in [0.29, 0.717) is 12.3 Å². The fourth-order valence-electron chi connectivity index (χ4n) is 11.9. The highest BCUT2D eigenvalue weighted by atomic mass is 16.7. The summed E-state index contributed by atoms with van der Waals surface area (Å²) in [5.41, 5.74) is 1.63. The molecule has 3 saturated carbocycles. The van der Waals surface area contributed by atoms with Gasteiger partial charge in [-0.25, -0.2) is 0 Å². The van der Waals surface area contributed by atoms with Crippen LogP contribution in [-0.2, 0) is 28.5 Å². The predicted molar refractivity (Wildman–Crippen MR) is 185 cm³/mol. The van der Waals surface area contributed by atoms with Crippen LogP contribution in [0.1, 0.15) is 73.1 Å². The zero-order valence-electron chi connectivity index (χ0n) is 31.3. The lowest BCUT2D eigenvalue weighted by molar-refractivity contribution is -0.342. The Bertz CT molecular complexity index is 1420. The fourth-order valence-corrected chi connectivity index (χ4v) is 11.9. The molecule has 3 saturated heterocycles. The molecular weight excluding hydrogens is 692 g/mol. The Balaban J connectivity index is 1.10. The van der Waals surface area contributed by atoms with E-state index >= 15 is 0 Å². The van der Waals surface area contributed by atoms with Gasteiger partial charge < -0.3 is 64.5 Å². The summed E-state index contributed by atoms with van der Waals surface area (Å²) in [6.07, 6.45) is -8.14. The molecule has 14 nitrogen and oxygen atoms in total. The van der Waals surface area contributed by atoms with Crippen molar-refractivity contribution >= 4 is 5.97 Å². The number of esters is 1. The Labute approximate surface area is 310 Å². The molecule has 0 spiro atoms. The second kappa shape index (κ2) is 14.8. The van der Waals surface area contributed by atoms with E-state index in [4.69, 9.17) is 23.7 Å².